The standard InChI is InChI=1S/C31H36ClN5O5/c1-18-20-10-9-19(34-30(20)42-35-18)17-41-26-12-11-24(32)23-13-15-37(25(28(23)26)16-36-14-5-8-27(36)38)31(40)22-7-4-3-6-21(22)29(39)33-2/h9-12,21-22,25H,3-8,13-17H2,1-2H3,(H,33,39)/t21-,22+,25+/m0/s1. The van der Waals surface area contributed by atoms with Gasteiger partial charge in [0.05, 0.1) is 22.8 Å². The van der Waals surface area contributed by atoms with Crippen LogP contribution in [0.3, 0.4) is 0 Å². The van der Waals surface area contributed by atoms with Gasteiger partial charge in [-0.3, -0.25) is 14.4 Å². The molecule has 6 rings (SSSR count). The van der Waals surface area contributed by atoms with Crippen molar-refractivity contribution >= 4 is 40.4 Å². The minimum atomic E-state index is -0.448. The van der Waals surface area contributed by atoms with Crippen molar-refractivity contribution < 1.29 is 23.6 Å². The van der Waals surface area contributed by atoms with Gasteiger partial charge in [0.25, 0.3) is 5.71 Å². The van der Waals surface area contributed by atoms with Crippen molar-refractivity contribution in [2.24, 2.45) is 11.8 Å². The summed E-state index contributed by atoms with van der Waals surface area (Å²) >= 11 is 6.74. The van der Waals surface area contributed by atoms with Crippen molar-refractivity contribution in [2.45, 2.75) is 64.5 Å². The second kappa shape index (κ2) is 11.9. The average Bonchev–Trinajstić information content (AvgIpc) is 3.60. The molecule has 1 N–H and O–H groups in total. The van der Waals surface area contributed by atoms with Crippen LogP contribution in [-0.4, -0.2) is 64.3 Å². The van der Waals surface area contributed by atoms with E-state index >= 15 is 0 Å². The van der Waals surface area contributed by atoms with Gasteiger partial charge in [-0.05, 0) is 62.4 Å². The molecular formula is C31H36ClN5O5. The first-order chi connectivity index (χ1) is 20.4. The number of likely N-dealkylation sites (tertiary alicyclic amines) is 1. The molecule has 222 valence electrons. The number of hydrogen-bond donors (Lipinski definition) is 1. The number of benzene rings is 1. The second-order valence-electron chi connectivity index (χ2n) is 11.5. The molecule has 0 radical (unpaired) electrons. The van der Waals surface area contributed by atoms with E-state index in [1.54, 1.807) is 7.05 Å². The number of fused-ring (bicyclic) bond motifs is 2. The lowest BCUT2D eigenvalue weighted by Crippen LogP contribution is -2.50. The van der Waals surface area contributed by atoms with Gasteiger partial charge in [0.2, 0.25) is 17.7 Å². The number of halogens is 1. The highest BCUT2D eigenvalue weighted by Crippen LogP contribution is 2.43. The number of hydrogen-bond acceptors (Lipinski definition) is 7. The molecule has 10 nitrogen and oxygen atoms in total. The van der Waals surface area contributed by atoms with E-state index in [1.165, 1.54) is 0 Å². The number of aryl methyl sites for hydroxylation is 1. The molecule has 3 aromatic rings. The lowest BCUT2D eigenvalue weighted by Gasteiger charge is -2.43. The molecule has 0 spiro atoms. The van der Waals surface area contributed by atoms with Gasteiger partial charge in [-0.25, -0.2) is 4.98 Å². The van der Waals surface area contributed by atoms with Crippen LogP contribution in [0.5, 0.6) is 5.75 Å². The second-order valence-corrected chi connectivity index (χ2v) is 11.9. The van der Waals surface area contributed by atoms with Crippen LogP contribution in [0.4, 0.5) is 0 Å². The van der Waals surface area contributed by atoms with Crippen LogP contribution in [0.25, 0.3) is 11.1 Å². The number of nitrogens with zero attached hydrogens (tertiary/aromatic N) is 4. The van der Waals surface area contributed by atoms with Crippen molar-refractivity contribution in [1.82, 2.24) is 25.3 Å². The van der Waals surface area contributed by atoms with Crippen LogP contribution in [0, 0.1) is 18.8 Å². The van der Waals surface area contributed by atoms with Gasteiger partial charge < -0.3 is 24.4 Å². The Morgan fingerprint density at radius 2 is 1.90 bits per heavy atom. The summed E-state index contributed by atoms with van der Waals surface area (Å²) in [5.41, 5.74) is 3.65. The molecule has 3 aliphatic rings. The average molecular weight is 594 g/mol. The fourth-order valence-corrected chi connectivity index (χ4v) is 7.08. The number of carbonyl (C=O) groups is 3. The van der Waals surface area contributed by atoms with Crippen molar-refractivity contribution in [3.05, 3.63) is 51.8 Å². The number of rotatable bonds is 7. The Kier molecular flexibility index (Phi) is 8.07. The van der Waals surface area contributed by atoms with Gasteiger partial charge in [0.15, 0.2) is 0 Å². The Balaban J connectivity index is 1.34. The fourth-order valence-electron chi connectivity index (χ4n) is 6.82. The Labute approximate surface area is 249 Å². The molecular weight excluding hydrogens is 558 g/mol. The predicted molar refractivity (Wildman–Crippen MR) is 156 cm³/mol. The summed E-state index contributed by atoms with van der Waals surface area (Å²) in [5, 5.41) is 8.21. The topological polar surface area (TPSA) is 118 Å². The molecule has 0 bridgehead atoms. The van der Waals surface area contributed by atoms with E-state index in [9.17, 15) is 14.4 Å². The van der Waals surface area contributed by atoms with E-state index < -0.39 is 12.0 Å². The molecule has 1 aliphatic carbocycles. The number of carbonyl (C=O) groups excluding carboxylic acids is 3. The third-order valence-corrected chi connectivity index (χ3v) is 9.39. The van der Waals surface area contributed by atoms with E-state index in [0.717, 1.165) is 41.5 Å². The Morgan fingerprint density at radius 3 is 2.67 bits per heavy atom. The van der Waals surface area contributed by atoms with Gasteiger partial charge in [0.1, 0.15) is 12.4 Å². The molecule has 42 heavy (non-hydrogen) atoms. The molecule has 2 fully saturated rings. The van der Waals surface area contributed by atoms with E-state index in [-0.39, 0.29) is 30.2 Å². The number of pyridine rings is 1. The van der Waals surface area contributed by atoms with Crippen LogP contribution >= 0.6 is 11.6 Å². The van der Waals surface area contributed by atoms with E-state index in [1.807, 2.05) is 41.0 Å². The highest BCUT2D eigenvalue weighted by Gasteiger charge is 2.43. The normalized spacial score (nSPS) is 22.4. The first-order valence-corrected chi connectivity index (χ1v) is 15.2. The first-order valence-electron chi connectivity index (χ1n) is 14.8. The van der Waals surface area contributed by atoms with Crippen LogP contribution in [0.1, 0.15) is 67.1 Å². The molecule has 11 heteroatoms. The molecule has 1 saturated heterocycles. The molecule has 3 amide bonds. The minimum Gasteiger partial charge on any atom is -0.487 e. The largest absolute Gasteiger partial charge is 0.487 e. The number of aromatic nitrogens is 2. The van der Waals surface area contributed by atoms with Crippen LogP contribution < -0.4 is 10.1 Å². The molecule has 1 saturated carbocycles. The van der Waals surface area contributed by atoms with Crippen LogP contribution in [-0.2, 0) is 27.4 Å². The van der Waals surface area contributed by atoms with Gasteiger partial charge in [-0.1, -0.05) is 29.6 Å². The van der Waals surface area contributed by atoms with Gasteiger partial charge >= 0.3 is 0 Å². The minimum absolute atomic E-state index is 0.0377. The zero-order valence-corrected chi connectivity index (χ0v) is 24.8. The zero-order chi connectivity index (χ0) is 29.4. The van der Waals surface area contributed by atoms with Crippen molar-refractivity contribution in [3.63, 3.8) is 0 Å². The Morgan fingerprint density at radius 1 is 1.10 bits per heavy atom. The molecule has 1 aromatic carbocycles. The van der Waals surface area contributed by atoms with E-state index in [4.69, 9.17) is 20.9 Å². The molecule has 2 aliphatic heterocycles. The first kappa shape index (κ1) is 28.5. The summed E-state index contributed by atoms with van der Waals surface area (Å²) in [5.74, 6) is -0.200. The zero-order valence-electron chi connectivity index (χ0n) is 24.0. The maximum Gasteiger partial charge on any atom is 0.258 e. The van der Waals surface area contributed by atoms with E-state index in [2.05, 4.69) is 15.5 Å². The van der Waals surface area contributed by atoms with E-state index in [0.29, 0.717) is 67.5 Å². The summed E-state index contributed by atoms with van der Waals surface area (Å²) in [7, 11) is 1.62. The summed E-state index contributed by atoms with van der Waals surface area (Å²) in [4.78, 5) is 48.1. The third kappa shape index (κ3) is 5.32. The quantitative estimate of drug-likeness (QED) is 0.432. The number of amides is 3. The summed E-state index contributed by atoms with van der Waals surface area (Å²) < 4.78 is 11.7. The lowest BCUT2D eigenvalue weighted by molar-refractivity contribution is -0.147. The Hall–Kier alpha value is -3.66. The van der Waals surface area contributed by atoms with Crippen molar-refractivity contribution in [2.75, 3.05) is 26.7 Å². The summed E-state index contributed by atoms with van der Waals surface area (Å²) in [6, 6.07) is 7.01. The van der Waals surface area contributed by atoms with Gasteiger partial charge in [-0.15, -0.1) is 0 Å². The van der Waals surface area contributed by atoms with Crippen molar-refractivity contribution in [3.8, 4) is 5.75 Å². The highest BCUT2D eigenvalue weighted by atomic mass is 35.5. The third-order valence-electron chi connectivity index (χ3n) is 9.04. The lowest BCUT2D eigenvalue weighted by atomic mass is 9.77. The fraction of sp³-hybridized carbons (Fsp3) is 0.516. The molecule has 4 heterocycles. The van der Waals surface area contributed by atoms with Crippen LogP contribution in [0.2, 0.25) is 5.02 Å². The monoisotopic (exact) mass is 593 g/mol. The predicted octanol–water partition coefficient (Wildman–Crippen LogP) is 4.36. The van der Waals surface area contributed by atoms with Crippen molar-refractivity contribution in [1.29, 1.82) is 0 Å². The summed E-state index contributed by atoms with van der Waals surface area (Å²) in [6.07, 6.45) is 5.05. The highest BCUT2D eigenvalue weighted by molar-refractivity contribution is 6.31. The maximum atomic E-state index is 14.3. The number of ether oxygens (including phenoxy) is 1. The maximum absolute atomic E-state index is 14.3. The molecule has 2 aromatic heterocycles. The SMILES string of the molecule is CNC(=O)[C@H]1CCCC[C@H]1C(=O)N1CCc2c(Cl)ccc(OCc3ccc4c(C)noc4n3)c2[C@H]1CN1CCCC1=O. The van der Waals surface area contributed by atoms with Crippen LogP contribution in [0.15, 0.2) is 28.8 Å². The molecule has 3 atom stereocenters. The summed E-state index contributed by atoms with van der Waals surface area (Å²) in [6.45, 7) is 3.50. The number of nitrogens with one attached hydrogen (secondary N) is 1. The van der Waals surface area contributed by atoms with Gasteiger partial charge in [-0.2, -0.15) is 0 Å². The Bertz CT molecular complexity index is 1520. The molecule has 0 unspecified atom stereocenters. The smallest absolute Gasteiger partial charge is 0.258 e. The van der Waals surface area contributed by atoms with Gasteiger partial charge in [0, 0.05) is 55.5 Å².